The highest BCUT2D eigenvalue weighted by Crippen LogP contribution is 2.14. The summed E-state index contributed by atoms with van der Waals surface area (Å²) in [6.07, 6.45) is 35.4. The molecule has 38 heavy (non-hydrogen) atoms. The average Bonchev–Trinajstić information content (AvgIpc) is 2.92. The lowest BCUT2D eigenvalue weighted by atomic mass is 10.0. The van der Waals surface area contributed by atoms with Crippen molar-refractivity contribution in [2.24, 2.45) is 0 Å². The summed E-state index contributed by atoms with van der Waals surface area (Å²) in [5, 5.41) is 22.9. The third-order valence-electron chi connectivity index (χ3n) is 7.78. The second-order valence-corrected chi connectivity index (χ2v) is 11.6. The zero-order valence-electron chi connectivity index (χ0n) is 25.7. The van der Waals surface area contributed by atoms with Crippen LogP contribution in [-0.4, -0.2) is 34.9 Å². The summed E-state index contributed by atoms with van der Waals surface area (Å²) in [4.78, 5) is 12.3. The van der Waals surface area contributed by atoms with Crippen LogP contribution in [0.1, 0.15) is 181 Å². The number of hydrogen-bond donors (Lipinski definition) is 3. The molecule has 0 saturated heterocycles. The monoisotopic (exact) mass is 538 g/mol. The van der Waals surface area contributed by atoms with E-state index in [-0.39, 0.29) is 12.5 Å². The third kappa shape index (κ3) is 26.7. The normalized spacial score (nSPS) is 13.3. The number of allylic oxidation sites excluding steroid dienone is 2. The fourth-order valence-electron chi connectivity index (χ4n) is 5.12. The number of hydrogen-bond acceptors (Lipinski definition) is 3. The molecule has 4 heteroatoms. The number of unbranched alkanes of at least 4 members (excludes halogenated alkanes) is 21. The second-order valence-electron chi connectivity index (χ2n) is 11.6. The van der Waals surface area contributed by atoms with E-state index in [0.29, 0.717) is 12.8 Å². The molecule has 0 rings (SSSR count). The molecule has 4 nitrogen and oxygen atoms in total. The maximum absolute atomic E-state index is 12.3. The van der Waals surface area contributed by atoms with Gasteiger partial charge in [0.05, 0.1) is 18.8 Å². The Labute approximate surface area is 237 Å². The van der Waals surface area contributed by atoms with Gasteiger partial charge in [0.25, 0.3) is 0 Å². The third-order valence-corrected chi connectivity index (χ3v) is 7.78. The van der Waals surface area contributed by atoms with Gasteiger partial charge in [-0.15, -0.1) is 0 Å². The summed E-state index contributed by atoms with van der Waals surface area (Å²) in [5.41, 5.74) is 0. The van der Waals surface area contributed by atoms with Gasteiger partial charge < -0.3 is 15.5 Å². The second kappa shape index (κ2) is 30.7. The molecule has 2 atom stereocenters. The fourth-order valence-corrected chi connectivity index (χ4v) is 5.12. The Kier molecular flexibility index (Phi) is 30.0. The Bertz CT molecular complexity index is 508. The molecule has 0 unspecified atom stereocenters. The molecule has 3 N–H and O–H groups in total. The Morgan fingerprint density at radius 1 is 0.605 bits per heavy atom. The first-order valence-corrected chi connectivity index (χ1v) is 16.9. The zero-order valence-corrected chi connectivity index (χ0v) is 25.7. The summed E-state index contributed by atoms with van der Waals surface area (Å²) in [6, 6.07) is -0.544. The molecule has 0 aromatic carbocycles. The van der Waals surface area contributed by atoms with Gasteiger partial charge in [-0.3, -0.25) is 4.79 Å². The predicted molar refractivity (Wildman–Crippen MR) is 166 cm³/mol. The van der Waals surface area contributed by atoms with Gasteiger partial charge in [-0.25, -0.2) is 0 Å². The van der Waals surface area contributed by atoms with Crippen LogP contribution >= 0.6 is 0 Å². The summed E-state index contributed by atoms with van der Waals surface area (Å²) in [7, 11) is 0. The van der Waals surface area contributed by atoms with Gasteiger partial charge in [-0.05, 0) is 38.5 Å². The highest BCUT2D eigenvalue weighted by molar-refractivity contribution is 5.76. The Hall–Kier alpha value is -0.870. The molecule has 226 valence electrons. The number of aliphatic hydroxyl groups is 2. The van der Waals surface area contributed by atoms with Crippen molar-refractivity contribution in [3.8, 4) is 0 Å². The van der Waals surface area contributed by atoms with Gasteiger partial charge in [0, 0.05) is 6.42 Å². The van der Waals surface area contributed by atoms with Crippen LogP contribution in [-0.2, 0) is 4.79 Å². The molecule has 0 spiro atoms. The minimum Gasteiger partial charge on any atom is -0.394 e. The number of carbonyl (C=O) groups is 1. The maximum atomic E-state index is 12.3. The van der Waals surface area contributed by atoms with Gasteiger partial charge >= 0.3 is 0 Å². The lowest BCUT2D eigenvalue weighted by Crippen LogP contribution is -2.45. The van der Waals surface area contributed by atoms with Gasteiger partial charge in [-0.2, -0.15) is 0 Å². The topological polar surface area (TPSA) is 69.6 Å². The van der Waals surface area contributed by atoms with Crippen molar-refractivity contribution in [1.29, 1.82) is 0 Å². The Morgan fingerprint density at radius 3 is 1.45 bits per heavy atom. The largest absolute Gasteiger partial charge is 0.394 e. The quantitative estimate of drug-likeness (QED) is 0.0631. The summed E-state index contributed by atoms with van der Waals surface area (Å²) in [6.45, 7) is 4.32. The van der Waals surface area contributed by atoms with Crippen LogP contribution < -0.4 is 5.32 Å². The van der Waals surface area contributed by atoms with E-state index in [0.717, 1.165) is 32.1 Å². The van der Waals surface area contributed by atoms with Gasteiger partial charge in [0.1, 0.15) is 0 Å². The molecule has 0 radical (unpaired) electrons. The zero-order chi connectivity index (χ0) is 27.9. The molecule has 1 amide bonds. The lowest BCUT2D eigenvalue weighted by molar-refractivity contribution is -0.123. The fraction of sp³-hybridized carbons (Fsp3) is 0.912. The first-order chi connectivity index (χ1) is 18.7. The van der Waals surface area contributed by atoms with Gasteiger partial charge in [0.2, 0.25) is 5.91 Å². The van der Waals surface area contributed by atoms with E-state index >= 15 is 0 Å². The minimum absolute atomic E-state index is 0.0422. The molecule has 0 aliphatic rings. The van der Waals surface area contributed by atoms with Gasteiger partial charge in [-0.1, -0.05) is 148 Å². The van der Waals surface area contributed by atoms with Crippen molar-refractivity contribution >= 4 is 5.91 Å². The van der Waals surface area contributed by atoms with E-state index in [9.17, 15) is 15.0 Å². The molecule has 0 aliphatic carbocycles. The van der Waals surface area contributed by atoms with E-state index in [4.69, 9.17) is 0 Å². The number of amides is 1. The summed E-state index contributed by atoms with van der Waals surface area (Å²) >= 11 is 0. The van der Waals surface area contributed by atoms with Gasteiger partial charge in [0.15, 0.2) is 0 Å². The molecule has 0 fully saturated rings. The summed E-state index contributed by atoms with van der Waals surface area (Å²) in [5.74, 6) is -0.0422. The van der Waals surface area contributed by atoms with Crippen molar-refractivity contribution in [1.82, 2.24) is 5.32 Å². The minimum atomic E-state index is -0.674. The van der Waals surface area contributed by atoms with E-state index < -0.39 is 12.1 Å². The first-order valence-electron chi connectivity index (χ1n) is 16.9. The van der Waals surface area contributed by atoms with Crippen molar-refractivity contribution in [3.63, 3.8) is 0 Å². The van der Waals surface area contributed by atoms with Crippen LogP contribution in [0.2, 0.25) is 0 Å². The molecule has 0 bridgehead atoms. The maximum Gasteiger partial charge on any atom is 0.220 e. The van der Waals surface area contributed by atoms with E-state index in [1.807, 2.05) is 0 Å². The smallest absolute Gasteiger partial charge is 0.220 e. The molecule has 0 saturated carbocycles. The number of nitrogens with one attached hydrogen (secondary N) is 1. The standard InChI is InChI=1S/C34H67NO3/c1-3-5-7-9-11-13-15-17-19-21-23-25-27-29-33(37)32(31-36)35-34(38)30-28-26-24-22-20-18-16-14-12-10-8-6-4-2/h19,21,32-33,36-37H,3-18,20,22-31H2,1-2H3,(H,35,38)/b21-19+/t32-,33+/m0/s1. The molecule has 0 aromatic rings. The molecular formula is C34H67NO3. The van der Waals surface area contributed by atoms with Crippen LogP contribution in [0.3, 0.4) is 0 Å². The highest BCUT2D eigenvalue weighted by Gasteiger charge is 2.19. The van der Waals surface area contributed by atoms with Crippen LogP contribution in [0.25, 0.3) is 0 Å². The first kappa shape index (κ1) is 37.1. The van der Waals surface area contributed by atoms with Crippen molar-refractivity contribution < 1.29 is 15.0 Å². The lowest BCUT2D eigenvalue weighted by Gasteiger charge is -2.22. The Morgan fingerprint density at radius 2 is 1.00 bits per heavy atom. The van der Waals surface area contributed by atoms with Crippen LogP contribution in [0.4, 0.5) is 0 Å². The number of carbonyl (C=O) groups excluding carboxylic acids is 1. The van der Waals surface area contributed by atoms with Crippen LogP contribution in [0.15, 0.2) is 12.2 Å². The van der Waals surface area contributed by atoms with Crippen LogP contribution in [0.5, 0.6) is 0 Å². The molecular weight excluding hydrogens is 470 g/mol. The van der Waals surface area contributed by atoms with E-state index in [1.165, 1.54) is 122 Å². The van der Waals surface area contributed by atoms with Crippen molar-refractivity contribution in [2.45, 2.75) is 193 Å². The number of aliphatic hydroxyl groups excluding tert-OH is 2. The molecule has 0 heterocycles. The average molecular weight is 538 g/mol. The highest BCUT2D eigenvalue weighted by atomic mass is 16.3. The SMILES string of the molecule is CCCCCCCCC/C=C/CCCC[C@@H](O)[C@H](CO)NC(=O)CCCCCCCCCCCCCCC. The van der Waals surface area contributed by atoms with E-state index in [2.05, 4.69) is 31.3 Å². The Balaban J connectivity index is 3.61. The summed E-state index contributed by atoms with van der Waals surface area (Å²) < 4.78 is 0. The molecule has 0 aliphatic heterocycles. The predicted octanol–water partition coefficient (Wildman–Crippen LogP) is 9.56. The van der Waals surface area contributed by atoms with Crippen molar-refractivity contribution in [3.05, 3.63) is 12.2 Å². The molecule has 0 aromatic heterocycles. The van der Waals surface area contributed by atoms with Crippen LogP contribution in [0, 0.1) is 0 Å². The van der Waals surface area contributed by atoms with E-state index in [1.54, 1.807) is 0 Å². The van der Waals surface area contributed by atoms with Crippen molar-refractivity contribution in [2.75, 3.05) is 6.61 Å². The number of rotatable bonds is 30.